The Balaban J connectivity index is 1.37. The third kappa shape index (κ3) is 4.93. The van der Waals surface area contributed by atoms with E-state index in [1.54, 1.807) is 42.5 Å². The monoisotopic (exact) mass is 590 g/mol. The van der Waals surface area contributed by atoms with E-state index in [0.717, 1.165) is 0 Å². The number of nitrogens with one attached hydrogen (secondary N) is 2. The first-order valence-electron chi connectivity index (χ1n) is 10.5. The van der Waals surface area contributed by atoms with E-state index in [9.17, 15) is 10.1 Å². The summed E-state index contributed by atoms with van der Waals surface area (Å²) in [6.07, 6.45) is 2.73. The molecule has 0 radical (unpaired) electrons. The van der Waals surface area contributed by atoms with E-state index in [4.69, 9.17) is 46.4 Å². The second-order valence-electron chi connectivity index (χ2n) is 7.80. The molecular weight excluding hydrogens is 578 g/mol. The number of aromatic nitrogens is 4. The van der Waals surface area contributed by atoms with Crippen LogP contribution in [0.5, 0.6) is 0 Å². The third-order valence-electron chi connectivity index (χ3n) is 5.44. The van der Waals surface area contributed by atoms with Crippen LogP contribution in [0.3, 0.4) is 0 Å². The van der Waals surface area contributed by atoms with Crippen LogP contribution < -0.4 is 10.6 Å². The smallest absolute Gasteiger partial charge is 0.254 e. The van der Waals surface area contributed by atoms with E-state index in [0.29, 0.717) is 49.4 Å². The maximum absolute atomic E-state index is 13.0. The van der Waals surface area contributed by atoms with Crippen LogP contribution >= 0.6 is 58.2 Å². The summed E-state index contributed by atoms with van der Waals surface area (Å²) in [5.41, 5.74) is -0.616. The maximum Gasteiger partial charge on any atom is 0.254 e. The lowest BCUT2D eigenvalue weighted by molar-refractivity contribution is -0.123. The number of amides is 1. The molecule has 186 valence electrons. The molecule has 2 atom stereocenters. The minimum Gasteiger partial charge on any atom is -0.340 e. The summed E-state index contributed by atoms with van der Waals surface area (Å²) in [6.45, 7) is 0. The fraction of sp³-hybridized carbons (Fsp3) is 0.130. The van der Waals surface area contributed by atoms with Crippen molar-refractivity contribution in [1.29, 1.82) is 5.26 Å². The zero-order valence-corrected chi connectivity index (χ0v) is 22.3. The van der Waals surface area contributed by atoms with Gasteiger partial charge in [-0.25, -0.2) is 4.98 Å². The van der Waals surface area contributed by atoms with E-state index >= 15 is 0 Å². The van der Waals surface area contributed by atoms with Crippen molar-refractivity contribution in [2.75, 3.05) is 5.32 Å². The maximum atomic E-state index is 13.0. The van der Waals surface area contributed by atoms with Gasteiger partial charge in [0, 0.05) is 34.3 Å². The van der Waals surface area contributed by atoms with Gasteiger partial charge in [-0.05, 0) is 18.2 Å². The number of halogens is 4. The van der Waals surface area contributed by atoms with Crippen LogP contribution in [0.1, 0.15) is 11.3 Å². The molecule has 1 amide bonds. The fourth-order valence-electron chi connectivity index (χ4n) is 3.66. The zero-order valence-electron chi connectivity index (χ0n) is 18.5. The predicted molar refractivity (Wildman–Crippen MR) is 146 cm³/mol. The lowest BCUT2D eigenvalue weighted by Crippen LogP contribution is -2.51. The molecule has 2 aromatic heterocycles. The van der Waals surface area contributed by atoms with Crippen molar-refractivity contribution < 1.29 is 4.79 Å². The van der Waals surface area contributed by atoms with Crippen LogP contribution in [-0.2, 0) is 16.0 Å². The van der Waals surface area contributed by atoms with Gasteiger partial charge in [-0.2, -0.15) is 19.9 Å². The van der Waals surface area contributed by atoms with Gasteiger partial charge in [0.05, 0.1) is 26.8 Å². The first-order chi connectivity index (χ1) is 17.8. The van der Waals surface area contributed by atoms with Gasteiger partial charge in [-0.15, -0.1) is 11.8 Å². The lowest BCUT2D eigenvalue weighted by atomic mass is 9.81. The Morgan fingerprint density at radius 1 is 1.14 bits per heavy atom. The topological polar surface area (TPSA) is 120 Å². The Morgan fingerprint density at radius 2 is 1.89 bits per heavy atom. The summed E-state index contributed by atoms with van der Waals surface area (Å²) in [7, 11) is 0. The van der Waals surface area contributed by atoms with E-state index in [-0.39, 0.29) is 5.02 Å². The Morgan fingerprint density at radius 3 is 2.59 bits per heavy atom. The largest absolute Gasteiger partial charge is 0.340 e. The Hall–Kier alpha value is -3.07. The number of benzene rings is 2. The van der Waals surface area contributed by atoms with E-state index in [2.05, 4.69) is 36.8 Å². The number of fused-ring (bicyclic) bond motifs is 1. The van der Waals surface area contributed by atoms with Crippen molar-refractivity contribution in [3.8, 4) is 6.07 Å². The number of hydrogen-bond acceptors (Lipinski definition) is 8. The molecule has 2 aromatic carbocycles. The molecule has 14 heteroatoms. The van der Waals surface area contributed by atoms with Gasteiger partial charge in [0.2, 0.25) is 0 Å². The highest BCUT2D eigenvalue weighted by atomic mass is 35.5. The Bertz CT molecular complexity index is 1580. The van der Waals surface area contributed by atoms with Gasteiger partial charge in [-0.1, -0.05) is 64.6 Å². The van der Waals surface area contributed by atoms with Gasteiger partial charge >= 0.3 is 0 Å². The molecular formula is C23H14Cl4N8OS. The van der Waals surface area contributed by atoms with Gasteiger partial charge < -0.3 is 10.6 Å². The summed E-state index contributed by atoms with van der Waals surface area (Å²) in [4.78, 5) is 26.1. The first kappa shape index (κ1) is 25.6. The number of anilines is 2. The van der Waals surface area contributed by atoms with E-state index in [1.165, 1.54) is 28.8 Å². The van der Waals surface area contributed by atoms with Gasteiger partial charge in [-0.3, -0.25) is 9.79 Å². The van der Waals surface area contributed by atoms with Crippen LogP contribution in [0, 0.1) is 11.3 Å². The average Bonchev–Trinajstić information content (AvgIpc) is 3.36. The second kappa shape index (κ2) is 10.4. The summed E-state index contributed by atoms with van der Waals surface area (Å²) in [5, 5.41) is 21.2. The molecule has 0 fully saturated rings. The van der Waals surface area contributed by atoms with Crippen LogP contribution in [-0.4, -0.2) is 37.2 Å². The molecule has 37 heavy (non-hydrogen) atoms. The van der Waals surface area contributed by atoms with Crippen LogP contribution in [0.2, 0.25) is 20.1 Å². The Kier molecular flexibility index (Phi) is 7.16. The second-order valence-corrected chi connectivity index (χ2v) is 10.5. The van der Waals surface area contributed by atoms with E-state index < -0.39 is 16.8 Å². The number of nitrogens with zero attached hydrogens (tertiary/aromatic N) is 6. The molecule has 0 spiro atoms. The number of hydrogen-bond donors (Lipinski definition) is 2. The molecule has 4 aromatic rings. The summed E-state index contributed by atoms with van der Waals surface area (Å²) in [5.74, 6) is 0.792. The molecule has 1 aliphatic rings. The van der Waals surface area contributed by atoms with Gasteiger partial charge in [0.25, 0.3) is 11.7 Å². The lowest BCUT2D eigenvalue weighted by Gasteiger charge is -2.29. The highest BCUT2D eigenvalue weighted by molar-refractivity contribution is 7.99. The molecule has 2 unspecified atom stereocenters. The quantitative estimate of drug-likeness (QED) is 0.277. The van der Waals surface area contributed by atoms with Crippen LogP contribution in [0.15, 0.2) is 53.8 Å². The zero-order chi connectivity index (χ0) is 26.2. The van der Waals surface area contributed by atoms with Gasteiger partial charge in [0.15, 0.2) is 10.9 Å². The number of carbonyl (C=O) groups is 1. The van der Waals surface area contributed by atoms with E-state index in [1.807, 2.05) is 0 Å². The van der Waals surface area contributed by atoms with Crippen molar-refractivity contribution in [2.45, 2.75) is 16.7 Å². The molecule has 9 nitrogen and oxygen atoms in total. The highest BCUT2D eigenvalue weighted by Crippen LogP contribution is 2.35. The molecule has 0 saturated carbocycles. The SMILES string of the molecule is N#CC1(c2ccccc2Cl)C=NC(SCc2cc(Nc3cc(Cl)c(Cl)c(Cl)c3)n3ncnc3n2)NC1=O. The number of aliphatic imine (C=N–C) groups is 1. The average molecular weight is 592 g/mol. The first-order valence-corrected chi connectivity index (χ1v) is 13.1. The van der Waals surface area contributed by atoms with Crippen molar-refractivity contribution >= 4 is 87.6 Å². The fourth-order valence-corrected chi connectivity index (χ4v) is 5.36. The normalized spacial score (nSPS) is 19.0. The van der Waals surface area contributed by atoms with Crippen molar-refractivity contribution in [3.05, 3.63) is 80.1 Å². The molecule has 0 aliphatic carbocycles. The molecule has 2 N–H and O–H groups in total. The van der Waals surface area contributed by atoms with Gasteiger partial charge in [0.1, 0.15) is 12.1 Å². The number of nitriles is 1. The van der Waals surface area contributed by atoms with Crippen LogP contribution in [0.4, 0.5) is 11.5 Å². The molecule has 0 saturated heterocycles. The summed E-state index contributed by atoms with van der Waals surface area (Å²) in [6, 6.07) is 13.8. The third-order valence-corrected chi connectivity index (χ3v) is 7.99. The molecule has 1 aliphatic heterocycles. The van der Waals surface area contributed by atoms with Crippen LogP contribution in [0.25, 0.3) is 5.78 Å². The number of carbonyl (C=O) groups excluding carboxylic acids is 1. The predicted octanol–water partition coefficient (Wildman–Crippen LogP) is 5.66. The highest BCUT2D eigenvalue weighted by Gasteiger charge is 2.44. The molecule has 0 bridgehead atoms. The number of rotatable bonds is 6. The van der Waals surface area contributed by atoms with Crippen molar-refractivity contribution in [1.82, 2.24) is 24.9 Å². The van der Waals surface area contributed by atoms with Crippen molar-refractivity contribution in [3.63, 3.8) is 0 Å². The standard InChI is InChI=1S/C23H14Cl4N8OS/c24-15-4-2-1-3-14(15)23(9-28)10-29-22(34-20(23)36)37-8-13-7-18(35-21(33-13)30-11-31-35)32-12-5-16(25)19(27)17(26)6-12/h1-7,10-11,22,32H,8H2,(H,34,36). The minimum absolute atomic E-state index is 0.261. The van der Waals surface area contributed by atoms with Crippen molar-refractivity contribution in [2.24, 2.45) is 4.99 Å². The molecule has 3 heterocycles. The minimum atomic E-state index is -1.60. The molecule has 5 rings (SSSR count). The summed E-state index contributed by atoms with van der Waals surface area (Å²) < 4.78 is 1.52. The number of thioether (sulfide) groups is 1. The Labute approximate surface area is 234 Å². The summed E-state index contributed by atoms with van der Waals surface area (Å²) >= 11 is 25.9.